The third kappa shape index (κ3) is 4.45. The second-order valence-electron chi connectivity index (χ2n) is 8.43. The van der Waals surface area contributed by atoms with Crippen LogP contribution in [0.1, 0.15) is 47.0 Å². The first-order valence-electron chi connectivity index (χ1n) is 9.54. The maximum atomic E-state index is 12.8. The van der Waals surface area contributed by atoms with Crippen LogP contribution in [0, 0.1) is 5.92 Å². The highest BCUT2D eigenvalue weighted by Crippen LogP contribution is 2.47. The molecule has 1 aliphatic heterocycles. The smallest absolute Gasteiger partial charge is 0.181 e. The Bertz CT molecular complexity index is 784. The van der Waals surface area contributed by atoms with Crippen LogP contribution in [0.4, 0.5) is 0 Å². The van der Waals surface area contributed by atoms with E-state index in [0.717, 1.165) is 19.3 Å². The second-order valence-corrected chi connectivity index (χ2v) is 10.4. The number of hydrogen-bond donors (Lipinski definition) is 0. The minimum Gasteiger partial charge on any atom is -0.368 e. The highest BCUT2D eigenvalue weighted by Gasteiger charge is 2.54. The summed E-state index contributed by atoms with van der Waals surface area (Å²) in [6.45, 7) is 8.53. The van der Waals surface area contributed by atoms with Crippen LogP contribution in [-0.4, -0.2) is 38.1 Å². The van der Waals surface area contributed by atoms with Crippen molar-refractivity contribution in [2.75, 3.05) is 12.4 Å². The Balaban J connectivity index is 1.70. The zero-order chi connectivity index (χ0) is 19.7. The summed E-state index contributed by atoms with van der Waals surface area (Å²) in [6, 6.07) is 8.53. The molecular weight excluding hydrogens is 364 g/mol. The topological polar surface area (TPSA) is 61.8 Å². The van der Waals surface area contributed by atoms with Crippen LogP contribution in [0.2, 0.25) is 0 Å². The van der Waals surface area contributed by atoms with Gasteiger partial charge in [-0.3, -0.25) is 0 Å². The van der Waals surface area contributed by atoms with Gasteiger partial charge in [0.2, 0.25) is 0 Å². The Kier molecular flexibility index (Phi) is 5.82. The van der Waals surface area contributed by atoms with E-state index in [1.807, 2.05) is 26.8 Å². The van der Waals surface area contributed by atoms with Crippen LogP contribution in [0.15, 0.2) is 46.9 Å². The first-order valence-corrected chi connectivity index (χ1v) is 11.2. The summed E-state index contributed by atoms with van der Waals surface area (Å²) in [5.41, 5.74) is -0.0547. The van der Waals surface area contributed by atoms with Crippen molar-refractivity contribution in [3.8, 4) is 0 Å². The lowest BCUT2D eigenvalue weighted by molar-refractivity contribution is -0.443. The minimum atomic E-state index is -3.45. The quantitative estimate of drug-likeness (QED) is 0.537. The molecule has 2 aliphatic rings. The first kappa shape index (κ1) is 20.5. The van der Waals surface area contributed by atoms with E-state index >= 15 is 0 Å². The maximum Gasteiger partial charge on any atom is 0.181 e. The molecule has 3 rings (SSSR count). The average Bonchev–Trinajstić information content (AvgIpc) is 2.61. The lowest BCUT2D eigenvalue weighted by Crippen LogP contribution is -2.59. The van der Waals surface area contributed by atoms with Crippen molar-refractivity contribution in [1.82, 2.24) is 0 Å². The van der Waals surface area contributed by atoms with Crippen LogP contribution in [-0.2, 0) is 24.3 Å². The number of sulfone groups is 1. The molecule has 1 saturated heterocycles. The summed E-state index contributed by atoms with van der Waals surface area (Å²) in [5, 5.41) is 0. The van der Waals surface area contributed by atoms with Gasteiger partial charge in [0.05, 0.1) is 22.9 Å². The van der Waals surface area contributed by atoms with E-state index < -0.39 is 21.0 Å². The van der Waals surface area contributed by atoms with Gasteiger partial charge < -0.3 is 4.74 Å². The summed E-state index contributed by atoms with van der Waals surface area (Å²) in [6.07, 6.45) is 4.29. The summed E-state index contributed by atoms with van der Waals surface area (Å²) >= 11 is 0. The number of ether oxygens (including phenoxy) is 1. The molecular formula is C21H30O5S. The summed E-state index contributed by atoms with van der Waals surface area (Å²) < 4.78 is 31.8. The van der Waals surface area contributed by atoms with E-state index in [-0.39, 0.29) is 17.8 Å². The van der Waals surface area contributed by atoms with Crippen molar-refractivity contribution in [3.63, 3.8) is 0 Å². The second kappa shape index (κ2) is 7.66. The summed E-state index contributed by atoms with van der Waals surface area (Å²) in [7, 11) is -3.45. The van der Waals surface area contributed by atoms with E-state index in [1.165, 1.54) is 5.57 Å². The van der Waals surface area contributed by atoms with Crippen LogP contribution in [0.3, 0.4) is 0 Å². The van der Waals surface area contributed by atoms with E-state index in [2.05, 4.69) is 13.0 Å². The number of rotatable bonds is 6. The van der Waals surface area contributed by atoms with Gasteiger partial charge in [0, 0.05) is 0 Å². The molecule has 1 aromatic rings. The molecule has 0 amide bonds. The Labute approximate surface area is 162 Å². The molecule has 1 saturated carbocycles. The van der Waals surface area contributed by atoms with Crippen molar-refractivity contribution in [2.24, 2.45) is 5.92 Å². The zero-order valence-electron chi connectivity index (χ0n) is 16.6. The standard InChI is InChI=1S/C21H30O5S/c1-16(2)11-13-24-20(3)12-10-17-14-19(20)25-26-21(17,4)15-27(22,23)18-8-6-5-7-9-18/h5-9,11,17,19H,10,12-15H2,1-4H3/t17-,19-,20-,21-/m1/s1. The van der Waals surface area contributed by atoms with Gasteiger partial charge in [0.15, 0.2) is 9.84 Å². The molecule has 27 heavy (non-hydrogen) atoms. The number of benzene rings is 1. The van der Waals surface area contributed by atoms with Crippen LogP contribution >= 0.6 is 0 Å². The molecule has 1 aliphatic carbocycles. The molecule has 6 heteroatoms. The normalized spacial score (nSPS) is 33.5. The predicted octanol–water partition coefficient (Wildman–Crippen LogP) is 4.09. The lowest BCUT2D eigenvalue weighted by atomic mass is 9.71. The van der Waals surface area contributed by atoms with Gasteiger partial charge in [-0.25, -0.2) is 18.2 Å². The molecule has 2 bridgehead atoms. The van der Waals surface area contributed by atoms with E-state index in [0.29, 0.717) is 11.5 Å². The Morgan fingerprint density at radius 3 is 2.63 bits per heavy atom. The third-order valence-corrected chi connectivity index (χ3v) is 7.81. The fourth-order valence-corrected chi connectivity index (χ4v) is 5.75. The van der Waals surface area contributed by atoms with Gasteiger partial charge in [0.25, 0.3) is 0 Å². The number of allylic oxidation sites excluding steroid dienone is 1. The van der Waals surface area contributed by atoms with Gasteiger partial charge in [-0.15, -0.1) is 0 Å². The highest BCUT2D eigenvalue weighted by atomic mass is 32.2. The monoisotopic (exact) mass is 394 g/mol. The van der Waals surface area contributed by atoms with Gasteiger partial charge in [-0.05, 0) is 65.0 Å². The molecule has 4 atom stereocenters. The van der Waals surface area contributed by atoms with Crippen molar-refractivity contribution in [2.45, 2.75) is 69.2 Å². The minimum absolute atomic E-state index is 0.0866. The average molecular weight is 395 g/mol. The van der Waals surface area contributed by atoms with Crippen molar-refractivity contribution < 1.29 is 22.9 Å². The maximum absolute atomic E-state index is 12.8. The SMILES string of the molecule is CC(C)=CCO[C@]1(C)CC[C@@H]2C[C@H]1OO[C@]2(C)CS(=O)(=O)c1ccccc1. The van der Waals surface area contributed by atoms with Gasteiger partial charge in [-0.2, -0.15) is 0 Å². The van der Waals surface area contributed by atoms with Gasteiger partial charge >= 0.3 is 0 Å². The highest BCUT2D eigenvalue weighted by molar-refractivity contribution is 7.91. The van der Waals surface area contributed by atoms with E-state index in [4.69, 9.17) is 14.5 Å². The Morgan fingerprint density at radius 2 is 1.96 bits per heavy atom. The Morgan fingerprint density at radius 1 is 1.26 bits per heavy atom. The van der Waals surface area contributed by atoms with Crippen LogP contribution in [0.25, 0.3) is 0 Å². The zero-order valence-corrected chi connectivity index (χ0v) is 17.4. The fraction of sp³-hybridized carbons (Fsp3) is 0.619. The molecule has 150 valence electrons. The van der Waals surface area contributed by atoms with E-state index in [1.54, 1.807) is 24.3 Å². The van der Waals surface area contributed by atoms with Crippen LogP contribution < -0.4 is 0 Å². The molecule has 0 N–H and O–H groups in total. The summed E-state index contributed by atoms with van der Waals surface area (Å²) in [4.78, 5) is 11.8. The van der Waals surface area contributed by atoms with Gasteiger partial charge in [0.1, 0.15) is 11.7 Å². The molecule has 0 spiro atoms. The number of fused-ring (bicyclic) bond motifs is 2. The Hall–Kier alpha value is -1.21. The van der Waals surface area contributed by atoms with Crippen LogP contribution in [0.5, 0.6) is 0 Å². The molecule has 5 nitrogen and oxygen atoms in total. The van der Waals surface area contributed by atoms with E-state index in [9.17, 15) is 8.42 Å². The van der Waals surface area contributed by atoms with Crippen molar-refractivity contribution >= 4 is 9.84 Å². The first-order chi connectivity index (χ1) is 12.6. The predicted molar refractivity (Wildman–Crippen MR) is 104 cm³/mol. The lowest BCUT2D eigenvalue weighted by Gasteiger charge is -2.52. The molecule has 2 fully saturated rings. The molecule has 0 radical (unpaired) electrons. The third-order valence-electron chi connectivity index (χ3n) is 5.87. The molecule has 1 heterocycles. The van der Waals surface area contributed by atoms with Crippen molar-refractivity contribution in [1.29, 1.82) is 0 Å². The molecule has 0 aromatic heterocycles. The molecule has 0 unspecified atom stereocenters. The molecule has 1 aromatic carbocycles. The fourth-order valence-electron chi connectivity index (χ4n) is 3.97. The summed E-state index contributed by atoms with van der Waals surface area (Å²) in [5.74, 6) is 0.0337. The largest absolute Gasteiger partial charge is 0.368 e. The number of hydrogen-bond acceptors (Lipinski definition) is 5. The van der Waals surface area contributed by atoms with Crippen molar-refractivity contribution in [3.05, 3.63) is 42.0 Å². The van der Waals surface area contributed by atoms with Gasteiger partial charge in [-0.1, -0.05) is 29.8 Å².